The molecular formula is H12BrO6Sm+2. The first kappa shape index (κ1) is 283. The molecule has 0 saturated heterocycles. The van der Waals surface area contributed by atoms with Crippen LogP contribution >= 0.6 is 0 Å². The molecule has 0 aliphatic heterocycles. The molecule has 0 aromatic heterocycles. The fraction of sp³-hybridized carbons (Fsp3) is 0. The van der Waals surface area contributed by atoms with Crippen molar-refractivity contribution in [2.75, 3.05) is 0 Å². The molecule has 12 N–H and O–H groups in total. The van der Waals surface area contributed by atoms with E-state index >= 15 is 0 Å². The molecule has 8 heteroatoms. The third-order valence-electron chi connectivity index (χ3n) is 0. The van der Waals surface area contributed by atoms with Crippen molar-refractivity contribution >= 4 is 0 Å². The van der Waals surface area contributed by atoms with Crippen LogP contribution in [-0.4, -0.2) is 32.9 Å². The van der Waals surface area contributed by atoms with Crippen LogP contribution in [0.3, 0.4) is 0 Å². The van der Waals surface area contributed by atoms with Crippen LogP contribution in [0.25, 0.3) is 0 Å². The molecule has 6 nitrogen and oxygen atoms in total. The molecule has 0 heterocycles. The summed E-state index contributed by atoms with van der Waals surface area (Å²) in [6.07, 6.45) is 0. The average Bonchev–Trinajstić information content (AvgIpc) is 0. The number of hydrogen-bond acceptors (Lipinski definition) is 0. The smallest absolute Gasteiger partial charge is 1.00 e. The molecule has 0 aliphatic rings. The summed E-state index contributed by atoms with van der Waals surface area (Å²) in [5.41, 5.74) is 0. The summed E-state index contributed by atoms with van der Waals surface area (Å²) in [6, 6.07) is 0. The van der Waals surface area contributed by atoms with E-state index in [1.807, 2.05) is 0 Å². The van der Waals surface area contributed by atoms with Gasteiger partial charge in [0.05, 0.1) is 0 Å². The first-order chi connectivity index (χ1) is 0. The van der Waals surface area contributed by atoms with Crippen molar-refractivity contribution < 1.29 is 90.2 Å². The van der Waals surface area contributed by atoms with Crippen molar-refractivity contribution in [3.63, 3.8) is 0 Å². The van der Waals surface area contributed by atoms with E-state index in [0.717, 1.165) is 0 Å². The summed E-state index contributed by atoms with van der Waals surface area (Å²) >= 11 is 0. The minimum atomic E-state index is 0. The number of rotatable bonds is 0. The first-order valence-electron chi connectivity index (χ1n) is 0. The molecule has 0 aromatic rings. The van der Waals surface area contributed by atoms with Gasteiger partial charge in [-0.15, -0.1) is 0 Å². The fourth-order valence-corrected chi connectivity index (χ4v) is 0. The molecule has 0 spiro atoms. The zero-order chi connectivity index (χ0) is 0. The second-order valence-electron chi connectivity index (χ2n) is 0. The molecule has 0 aromatic carbocycles. The Morgan fingerprint density at radius 3 is 0.375 bits per heavy atom. The Labute approximate surface area is 89.4 Å². The van der Waals surface area contributed by atoms with E-state index in [1.54, 1.807) is 0 Å². The minimum absolute atomic E-state index is 0. The van der Waals surface area contributed by atoms with Crippen LogP contribution in [0.1, 0.15) is 0 Å². The molecule has 8 heavy (non-hydrogen) atoms. The molecule has 59 valence electrons. The van der Waals surface area contributed by atoms with E-state index in [1.165, 1.54) is 0 Å². The van der Waals surface area contributed by atoms with Gasteiger partial charge in [0, 0.05) is 0 Å². The van der Waals surface area contributed by atoms with E-state index in [0.29, 0.717) is 0 Å². The molecule has 1 radical (unpaired) electrons. The van der Waals surface area contributed by atoms with Crippen molar-refractivity contribution in [2.24, 2.45) is 0 Å². The third kappa shape index (κ3) is 132. The summed E-state index contributed by atoms with van der Waals surface area (Å²) in [5.74, 6) is 0. The molecule has 0 bridgehead atoms. The Morgan fingerprint density at radius 1 is 0.375 bits per heavy atom. The van der Waals surface area contributed by atoms with Gasteiger partial charge >= 0.3 is 40.4 Å². The summed E-state index contributed by atoms with van der Waals surface area (Å²) in [5, 5.41) is 0. The molecule has 0 atom stereocenters. The van der Waals surface area contributed by atoms with Crippen LogP contribution in [0.15, 0.2) is 0 Å². The molecule has 0 rings (SSSR count). The number of hydrogen-bond donors (Lipinski definition) is 0. The van der Waals surface area contributed by atoms with E-state index in [2.05, 4.69) is 0 Å². The standard InChI is InChI=1S/BrH.6H2O.Sm/h1H;6*1H2;/q;;;;;;;+3/p-1. The SMILES string of the molecule is O.O.O.O.O.O.[Br-].[Sm+3]. The maximum Gasteiger partial charge on any atom is 3.00 e. The van der Waals surface area contributed by atoms with Gasteiger partial charge < -0.3 is 49.8 Å². The largest absolute Gasteiger partial charge is 3.00 e. The van der Waals surface area contributed by atoms with Crippen LogP contribution in [0.5, 0.6) is 0 Å². The second kappa shape index (κ2) is 198. The van der Waals surface area contributed by atoms with Crippen LogP contribution in [-0.2, 0) is 0 Å². The molecule has 0 unspecified atom stereocenters. The van der Waals surface area contributed by atoms with Crippen molar-refractivity contribution in [1.82, 2.24) is 0 Å². The summed E-state index contributed by atoms with van der Waals surface area (Å²) in [4.78, 5) is 0. The van der Waals surface area contributed by atoms with Gasteiger partial charge in [-0.3, -0.25) is 0 Å². The van der Waals surface area contributed by atoms with Gasteiger partial charge in [-0.05, 0) is 0 Å². The van der Waals surface area contributed by atoms with E-state index in [9.17, 15) is 0 Å². The summed E-state index contributed by atoms with van der Waals surface area (Å²) < 4.78 is 0. The van der Waals surface area contributed by atoms with Crippen molar-refractivity contribution in [2.45, 2.75) is 0 Å². The van der Waals surface area contributed by atoms with Gasteiger partial charge in [0.25, 0.3) is 0 Å². The quantitative estimate of drug-likeness (QED) is 0.406. The Hall–Kier alpha value is 1.58. The monoisotopic (exact) mass is 339 g/mol. The van der Waals surface area contributed by atoms with Crippen molar-refractivity contribution in [1.29, 1.82) is 0 Å². The average molecular weight is 338 g/mol. The molecule has 0 saturated carbocycles. The molecule has 0 amide bonds. The molecular weight excluding hydrogens is 326 g/mol. The topological polar surface area (TPSA) is 189 Å². The van der Waals surface area contributed by atoms with E-state index in [4.69, 9.17) is 0 Å². The number of halogens is 1. The van der Waals surface area contributed by atoms with Crippen LogP contribution in [0.4, 0.5) is 0 Å². The minimum Gasteiger partial charge on any atom is -1.00 e. The Balaban J connectivity index is 0. The Kier molecular flexibility index (Phi) is 7000. The third-order valence-corrected chi connectivity index (χ3v) is 0. The first-order valence-corrected chi connectivity index (χ1v) is 0. The van der Waals surface area contributed by atoms with Crippen LogP contribution in [0, 0.1) is 40.4 Å². The zero-order valence-electron chi connectivity index (χ0n) is 3.79. The van der Waals surface area contributed by atoms with Gasteiger partial charge in [-0.1, -0.05) is 0 Å². The van der Waals surface area contributed by atoms with Gasteiger partial charge in [0.2, 0.25) is 0 Å². The van der Waals surface area contributed by atoms with Gasteiger partial charge in [-0.2, -0.15) is 0 Å². The van der Waals surface area contributed by atoms with Crippen molar-refractivity contribution in [3.8, 4) is 0 Å². The van der Waals surface area contributed by atoms with E-state index in [-0.39, 0.29) is 90.2 Å². The zero-order valence-corrected chi connectivity index (χ0v) is 7.99. The normalized spacial score (nSPS) is 0. The van der Waals surface area contributed by atoms with Crippen LogP contribution < -0.4 is 17.0 Å². The maximum absolute atomic E-state index is 0. The van der Waals surface area contributed by atoms with Gasteiger partial charge in [0.1, 0.15) is 0 Å². The summed E-state index contributed by atoms with van der Waals surface area (Å²) in [6.45, 7) is 0. The van der Waals surface area contributed by atoms with Gasteiger partial charge in [0.15, 0.2) is 0 Å². The van der Waals surface area contributed by atoms with Gasteiger partial charge in [-0.25, -0.2) is 0 Å². The predicted molar refractivity (Wildman–Crippen MR) is 21.7 cm³/mol. The molecule has 0 fully saturated rings. The van der Waals surface area contributed by atoms with E-state index < -0.39 is 0 Å². The fourth-order valence-electron chi connectivity index (χ4n) is 0. The van der Waals surface area contributed by atoms with Crippen LogP contribution in [0.2, 0.25) is 0 Å². The second-order valence-corrected chi connectivity index (χ2v) is 0. The van der Waals surface area contributed by atoms with Crippen molar-refractivity contribution in [3.05, 3.63) is 0 Å². The molecule has 0 aliphatic carbocycles. The maximum atomic E-state index is 0. The summed E-state index contributed by atoms with van der Waals surface area (Å²) in [7, 11) is 0. The Bertz CT molecular complexity index is 8.49. The predicted octanol–water partition coefficient (Wildman–Crippen LogP) is -7.94. The Morgan fingerprint density at radius 2 is 0.375 bits per heavy atom.